The minimum Gasteiger partial charge on any atom is -0.476 e. The van der Waals surface area contributed by atoms with Gasteiger partial charge in [-0.2, -0.15) is 5.26 Å². The third-order valence-corrected chi connectivity index (χ3v) is 4.91. The second-order valence-corrected chi connectivity index (χ2v) is 6.58. The average Bonchev–Trinajstić information content (AvgIpc) is 2.69. The summed E-state index contributed by atoms with van der Waals surface area (Å²) < 4.78 is 19.0. The molecule has 1 aromatic heterocycles. The van der Waals surface area contributed by atoms with Crippen molar-refractivity contribution in [3.8, 4) is 23.2 Å². The molecule has 2 aromatic rings. The molecule has 0 amide bonds. The molecule has 6 heteroatoms. The van der Waals surface area contributed by atoms with Crippen LogP contribution in [-0.4, -0.2) is 37.1 Å². The van der Waals surface area contributed by atoms with Crippen molar-refractivity contribution in [1.82, 2.24) is 4.57 Å². The Labute approximate surface area is 151 Å². The zero-order valence-electron chi connectivity index (χ0n) is 14.7. The van der Waals surface area contributed by atoms with Crippen LogP contribution in [0.4, 0.5) is 0 Å². The standard InChI is InChI=1S/C20H20N2O4/c1-13-18(23)9-19(26-12-16-11-24-6-7-25-16)22-5-4-15-8-14(10-21)2-3-17(15)20(13)22/h2-3,8-9,16H,4-7,11-12H2,1H3/t16-/m0/s1. The minimum absolute atomic E-state index is 0.0516. The second-order valence-electron chi connectivity index (χ2n) is 6.58. The topological polar surface area (TPSA) is 73.5 Å². The van der Waals surface area contributed by atoms with Crippen LogP contribution >= 0.6 is 0 Å². The lowest BCUT2D eigenvalue weighted by Crippen LogP contribution is -2.34. The van der Waals surface area contributed by atoms with Crippen molar-refractivity contribution in [3.05, 3.63) is 51.2 Å². The highest BCUT2D eigenvalue weighted by atomic mass is 16.6. The zero-order valence-corrected chi connectivity index (χ0v) is 14.7. The van der Waals surface area contributed by atoms with Crippen molar-refractivity contribution < 1.29 is 14.2 Å². The Morgan fingerprint density at radius 3 is 3.00 bits per heavy atom. The number of aryl methyl sites for hydroxylation is 1. The first-order valence-electron chi connectivity index (χ1n) is 8.77. The van der Waals surface area contributed by atoms with Crippen LogP contribution in [0, 0.1) is 18.3 Å². The number of ether oxygens (including phenoxy) is 3. The van der Waals surface area contributed by atoms with Gasteiger partial charge in [-0.3, -0.25) is 4.79 Å². The van der Waals surface area contributed by atoms with Crippen LogP contribution in [0.1, 0.15) is 16.7 Å². The van der Waals surface area contributed by atoms with Gasteiger partial charge in [0, 0.05) is 23.7 Å². The highest BCUT2D eigenvalue weighted by Crippen LogP contribution is 2.34. The summed E-state index contributed by atoms with van der Waals surface area (Å²) in [6.07, 6.45) is 0.671. The highest BCUT2D eigenvalue weighted by Gasteiger charge is 2.23. The molecule has 1 fully saturated rings. The molecule has 26 heavy (non-hydrogen) atoms. The second kappa shape index (κ2) is 6.94. The molecule has 0 N–H and O–H groups in total. The number of aromatic nitrogens is 1. The Morgan fingerprint density at radius 2 is 2.23 bits per heavy atom. The number of nitriles is 1. The van der Waals surface area contributed by atoms with E-state index in [0.717, 1.165) is 23.2 Å². The van der Waals surface area contributed by atoms with Gasteiger partial charge in [0.1, 0.15) is 12.7 Å². The van der Waals surface area contributed by atoms with Crippen LogP contribution in [0.15, 0.2) is 29.1 Å². The van der Waals surface area contributed by atoms with Crippen LogP contribution < -0.4 is 10.2 Å². The molecule has 3 heterocycles. The molecule has 1 atom stereocenters. The zero-order chi connectivity index (χ0) is 18.1. The van der Waals surface area contributed by atoms with Gasteiger partial charge in [-0.05, 0) is 31.0 Å². The van der Waals surface area contributed by atoms with E-state index in [1.165, 1.54) is 0 Å². The lowest BCUT2D eigenvalue weighted by atomic mass is 9.93. The molecule has 2 aliphatic heterocycles. The van der Waals surface area contributed by atoms with Crippen LogP contribution in [0.25, 0.3) is 11.3 Å². The maximum atomic E-state index is 12.5. The van der Waals surface area contributed by atoms with Crippen LogP contribution in [0.5, 0.6) is 5.88 Å². The van der Waals surface area contributed by atoms with E-state index in [4.69, 9.17) is 19.5 Å². The van der Waals surface area contributed by atoms with Gasteiger partial charge in [-0.25, -0.2) is 0 Å². The molecule has 4 rings (SSSR count). The Bertz CT molecular complexity index is 936. The molecule has 0 spiro atoms. The summed E-state index contributed by atoms with van der Waals surface area (Å²) in [6, 6.07) is 9.35. The summed E-state index contributed by atoms with van der Waals surface area (Å²) in [6.45, 7) is 4.57. The summed E-state index contributed by atoms with van der Waals surface area (Å²) >= 11 is 0. The minimum atomic E-state index is -0.120. The first-order chi connectivity index (χ1) is 12.7. The maximum absolute atomic E-state index is 12.5. The molecular formula is C20H20N2O4. The summed E-state index contributed by atoms with van der Waals surface area (Å²) in [5.74, 6) is 0.555. The molecule has 0 unspecified atom stereocenters. The molecule has 0 radical (unpaired) electrons. The van der Waals surface area contributed by atoms with Crippen LogP contribution in [-0.2, 0) is 22.4 Å². The van der Waals surface area contributed by atoms with Gasteiger partial charge in [0.2, 0.25) is 0 Å². The Morgan fingerprint density at radius 1 is 1.35 bits per heavy atom. The quantitative estimate of drug-likeness (QED) is 0.845. The lowest BCUT2D eigenvalue weighted by molar-refractivity contribution is -0.102. The van der Waals surface area contributed by atoms with E-state index in [1.54, 1.807) is 12.1 Å². The van der Waals surface area contributed by atoms with Gasteiger partial charge >= 0.3 is 0 Å². The van der Waals surface area contributed by atoms with Gasteiger partial charge in [0.15, 0.2) is 11.3 Å². The highest BCUT2D eigenvalue weighted by molar-refractivity contribution is 5.70. The van der Waals surface area contributed by atoms with E-state index in [9.17, 15) is 4.79 Å². The molecular weight excluding hydrogens is 332 g/mol. The van der Waals surface area contributed by atoms with Crippen molar-refractivity contribution in [2.24, 2.45) is 0 Å². The Hall–Kier alpha value is -2.62. The molecule has 0 aliphatic carbocycles. The maximum Gasteiger partial charge on any atom is 0.197 e. The van der Waals surface area contributed by atoms with E-state index in [0.29, 0.717) is 50.0 Å². The SMILES string of the molecule is Cc1c2n(c(OC[C@@H]3COCCO3)cc1=O)CCc1cc(C#N)ccc1-2. The van der Waals surface area contributed by atoms with Gasteiger partial charge in [0.25, 0.3) is 0 Å². The van der Waals surface area contributed by atoms with Gasteiger partial charge < -0.3 is 18.8 Å². The molecule has 0 bridgehead atoms. The third-order valence-electron chi connectivity index (χ3n) is 4.91. The van der Waals surface area contributed by atoms with Crippen molar-refractivity contribution in [3.63, 3.8) is 0 Å². The predicted molar refractivity (Wildman–Crippen MR) is 95.3 cm³/mol. The molecule has 134 valence electrons. The van der Waals surface area contributed by atoms with Gasteiger partial charge in [-0.1, -0.05) is 6.07 Å². The van der Waals surface area contributed by atoms with E-state index in [-0.39, 0.29) is 11.5 Å². The van der Waals surface area contributed by atoms with Crippen molar-refractivity contribution in [1.29, 1.82) is 5.26 Å². The molecule has 2 aliphatic rings. The van der Waals surface area contributed by atoms with Crippen molar-refractivity contribution >= 4 is 0 Å². The van der Waals surface area contributed by atoms with Crippen LogP contribution in [0.3, 0.4) is 0 Å². The van der Waals surface area contributed by atoms with Crippen LogP contribution in [0.2, 0.25) is 0 Å². The number of pyridine rings is 1. The number of hydrogen-bond donors (Lipinski definition) is 0. The number of nitrogens with zero attached hydrogens (tertiary/aromatic N) is 2. The summed E-state index contributed by atoms with van der Waals surface area (Å²) in [7, 11) is 0. The lowest BCUT2D eigenvalue weighted by Gasteiger charge is -2.28. The normalized spacial score (nSPS) is 18.5. The first kappa shape index (κ1) is 16.8. The fourth-order valence-electron chi connectivity index (χ4n) is 3.56. The molecule has 1 aromatic carbocycles. The van der Waals surface area contributed by atoms with Gasteiger partial charge in [-0.15, -0.1) is 0 Å². The summed E-state index contributed by atoms with van der Waals surface area (Å²) in [5, 5.41) is 9.12. The first-order valence-corrected chi connectivity index (χ1v) is 8.77. The monoisotopic (exact) mass is 352 g/mol. The number of benzene rings is 1. The predicted octanol–water partition coefficient (Wildman–Crippen LogP) is 2.05. The van der Waals surface area contributed by atoms with Crippen molar-refractivity contribution in [2.75, 3.05) is 26.4 Å². The number of rotatable bonds is 3. The summed E-state index contributed by atoms with van der Waals surface area (Å²) in [5.41, 5.74) is 4.24. The Balaban J connectivity index is 1.71. The van der Waals surface area contributed by atoms with E-state index in [1.807, 2.05) is 19.1 Å². The van der Waals surface area contributed by atoms with E-state index >= 15 is 0 Å². The molecule has 1 saturated heterocycles. The van der Waals surface area contributed by atoms with Gasteiger partial charge in [0.05, 0.1) is 37.1 Å². The number of fused-ring (bicyclic) bond motifs is 3. The van der Waals surface area contributed by atoms with E-state index in [2.05, 4.69) is 10.6 Å². The third kappa shape index (κ3) is 3.00. The number of hydrogen-bond acceptors (Lipinski definition) is 5. The molecule has 6 nitrogen and oxygen atoms in total. The summed E-state index contributed by atoms with van der Waals surface area (Å²) in [4.78, 5) is 12.5. The largest absolute Gasteiger partial charge is 0.476 e. The van der Waals surface area contributed by atoms with E-state index < -0.39 is 0 Å². The van der Waals surface area contributed by atoms with Crippen molar-refractivity contribution in [2.45, 2.75) is 26.0 Å². The Kier molecular flexibility index (Phi) is 4.49. The molecule has 0 saturated carbocycles. The fourth-order valence-corrected chi connectivity index (χ4v) is 3.56. The smallest absolute Gasteiger partial charge is 0.197 e. The fraction of sp³-hybridized carbons (Fsp3) is 0.400. The average molecular weight is 352 g/mol.